The number of para-hydroxylation sites is 1. The van der Waals surface area contributed by atoms with E-state index in [1.54, 1.807) is 0 Å². The Labute approximate surface area is 119 Å². The maximum absolute atomic E-state index is 11.8. The molecule has 0 radical (unpaired) electrons. The number of esters is 1. The second-order valence-corrected chi connectivity index (χ2v) is 5.52. The molecule has 0 fully saturated rings. The van der Waals surface area contributed by atoms with E-state index >= 15 is 0 Å². The average Bonchev–Trinajstić information content (AvgIpc) is 2.81. The molecule has 0 aliphatic rings. The van der Waals surface area contributed by atoms with Crippen molar-refractivity contribution in [3.05, 3.63) is 36.0 Å². The van der Waals surface area contributed by atoms with Crippen molar-refractivity contribution in [2.45, 2.75) is 32.7 Å². The second kappa shape index (κ2) is 6.57. The molecule has 0 saturated carbocycles. The van der Waals surface area contributed by atoms with Crippen LogP contribution in [0.2, 0.25) is 0 Å². The fraction of sp³-hybridized carbons (Fsp3) is 0.438. The van der Waals surface area contributed by atoms with Gasteiger partial charge in [0.05, 0.1) is 6.61 Å². The molecule has 0 spiro atoms. The summed E-state index contributed by atoms with van der Waals surface area (Å²) >= 11 is 0. The lowest BCUT2D eigenvalue weighted by molar-refractivity contribution is -0.145. The lowest BCUT2D eigenvalue weighted by Crippen LogP contribution is -2.34. The molecule has 0 aliphatic heterocycles. The number of carbonyl (C=O) groups excluding carboxylic acids is 1. The van der Waals surface area contributed by atoms with Crippen molar-refractivity contribution < 1.29 is 9.53 Å². The van der Waals surface area contributed by atoms with E-state index in [4.69, 9.17) is 10.5 Å². The van der Waals surface area contributed by atoms with Gasteiger partial charge in [0, 0.05) is 23.5 Å². The topological polar surface area (TPSA) is 68.1 Å². The monoisotopic (exact) mass is 274 g/mol. The SMILES string of the molecule is CC(C)CCOC(=O)[C@H](N)Cc1c[nH]c2ccccc12. The Balaban J connectivity index is 1.93. The molecular weight excluding hydrogens is 252 g/mol. The van der Waals surface area contributed by atoms with Gasteiger partial charge in [0.15, 0.2) is 0 Å². The van der Waals surface area contributed by atoms with E-state index in [0.717, 1.165) is 22.9 Å². The van der Waals surface area contributed by atoms with Crippen molar-refractivity contribution in [2.24, 2.45) is 11.7 Å². The zero-order chi connectivity index (χ0) is 14.5. The third kappa shape index (κ3) is 3.61. The summed E-state index contributed by atoms with van der Waals surface area (Å²) in [5, 5.41) is 1.11. The van der Waals surface area contributed by atoms with Gasteiger partial charge in [0.2, 0.25) is 0 Å². The first-order valence-electron chi connectivity index (χ1n) is 7.05. The van der Waals surface area contributed by atoms with E-state index < -0.39 is 6.04 Å². The lowest BCUT2D eigenvalue weighted by atomic mass is 10.1. The van der Waals surface area contributed by atoms with Gasteiger partial charge in [-0.1, -0.05) is 32.0 Å². The van der Waals surface area contributed by atoms with Crippen LogP contribution in [-0.4, -0.2) is 23.6 Å². The highest BCUT2D eigenvalue weighted by Gasteiger charge is 2.17. The number of nitrogens with one attached hydrogen (secondary N) is 1. The molecule has 108 valence electrons. The number of carbonyl (C=O) groups is 1. The molecule has 0 amide bonds. The molecule has 2 aromatic rings. The van der Waals surface area contributed by atoms with Crippen LogP contribution in [0.15, 0.2) is 30.5 Å². The fourth-order valence-electron chi connectivity index (χ4n) is 2.12. The standard InChI is InChI=1S/C16H22N2O2/c1-11(2)7-8-20-16(19)14(17)9-12-10-18-15-6-4-3-5-13(12)15/h3-6,10-11,14,18H,7-9,17H2,1-2H3/t14-/m1/s1. The van der Waals surface area contributed by atoms with E-state index in [-0.39, 0.29) is 5.97 Å². The van der Waals surface area contributed by atoms with Crippen molar-refractivity contribution in [1.29, 1.82) is 0 Å². The molecule has 1 aromatic carbocycles. The van der Waals surface area contributed by atoms with Gasteiger partial charge in [-0.05, 0) is 24.0 Å². The maximum atomic E-state index is 11.8. The number of ether oxygens (including phenoxy) is 1. The van der Waals surface area contributed by atoms with Crippen LogP contribution in [-0.2, 0) is 16.0 Å². The molecule has 4 nitrogen and oxygen atoms in total. The fourth-order valence-corrected chi connectivity index (χ4v) is 2.12. The zero-order valence-electron chi connectivity index (χ0n) is 12.1. The summed E-state index contributed by atoms with van der Waals surface area (Å²) in [7, 11) is 0. The first kappa shape index (κ1) is 14.6. The van der Waals surface area contributed by atoms with Crippen LogP contribution >= 0.6 is 0 Å². The number of aromatic nitrogens is 1. The van der Waals surface area contributed by atoms with Gasteiger partial charge >= 0.3 is 5.97 Å². The van der Waals surface area contributed by atoms with Crippen LogP contribution in [0.25, 0.3) is 10.9 Å². The summed E-state index contributed by atoms with van der Waals surface area (Å²) in [6.45, 7) is 4.64. The Hall–Kier alpha value is -1.81. The number of aromatic amines is 1. The third-order valence-corrected chi connectivity index (χ3v) is 3.36. The third-order valence-electron chi connectivity index (χ3n) is 3.36. The Bertz CT molecular complexity index is 575. The molecule has 4 heteroatoms. The second-order valence-electron chi connectivity index (χ2n) is 5.52. The van der Waals surface area contributed by atoms with Crippen molar-refractivity contribution >= 4 is 16.9 Å². The Morgan fingerprint density at radius 1 is 1.35 bits per heavy atom. The molecule has 1 heterocycles. The molecule has 1 aromatic heterocycles. The zero-order valence-corrected chi connectivity index (χ0v) is 12.1. The Kier molecular flexibility index (Phi) is 4.79. The summed E-state index contributed by atoms with van der Waals surface area (Å²) in [5.74, 6) is 0.198. The Morgan fingerprint density at radius 3 is 2.85 bits per heavy atom. The highest BCUT2D eigenvalue weighted by molar-refractivity contribution is 5.84. The molecule has 0 aliphatic carbocycles. The predicted molar refractivity (Wildman–Crippen MR) is 80.4 cm³/mol. The minimum atomic E-state index is -0.610. The minimum Gasteiger partial charge on any atom is -0.465 e. The van der Waals surface area contributed by atoms with E-state index in [2.05, 4.69) is 18.8 Å². The molecule has 0 bridgehead atoms. The smallest absolute Gasteiger partial charge is 0.323 e. The molecule has 0 unspecified atom stereocenters. The minimum absolute atomic E-state index is 0.323. The van der Waals surface area contributed by atoms with Crippen LogP contribution in [0, 0.1) is 5.92 Å². The number of nitrogens with two attached hydrogens (primary N) is 1. The largest absolute Gasteiger partial charge is 0.465 e. The van der Waals surface area contributed by atoms with Gasteiger partial charge in [0.1, 0.15) is 6.04 Å². The highest BCUT2D eigenvalue weighted by Crippen LogP contribution is 2.18. The number of hydrogen-bond acceptors (Lipinski definition) is 3. The van der Waals surface area contributed by atoms with Gasteiger partial charge in [-0.25, -0.2) is 0 Å². The summed E-state index contributed by atoms with van der Waals surface area (Å²) in [5.41, 5.74) is 8.04. The van der Waals surface area contributed by atoms with Gasteiger partial charge in [-0.2, -0.15) is 0 Å². The normalized spacial score (nSPS) is 12.8. The summed E-state index contributed by atoms with van der Waals surface area (Å²) in [6.07, 6.45) is 3.27. The highest BCUT2D eigenvalue weighted by atomic mass is 16.5. The van der Waals surface area contributed by atoms with Crippen LogP contribution in [0.4, 0.5) is 0 Å². The van der Waals surface area contributed by atoms with Crippen LogP contribution in [0.5, 0.6) is 0 Å². The van der Waals surface area contributed by atoms with Crippen molar-refractivity contribution in [2.75, 3.05) is 6.61 Å². The molecule has 20 heavy (non-hydrogen) atoms. The van der Waals surface area contributed by atoms with E-state index in [9.17, 15) is 4.79 Å². The van der Waals surface area contributed by atoms with E-state index in [0.29, 0.717) is 18.9 Å². The quantitative estimate of drug-likeness (QED) is 0.796. The van der Waals surface area contributed by atoms with Crippen molar-refractivity contribution in [1.82, 2.24) is 4.98 Å². The van der Waals surface area contributed by atoms with Crippen molar-refractivity contribution in [3.8, 4) is 0 Å². The average molecular weight is 274 g/mol. The first-order valence-corrected chi connectivity index (χ1v) is 7.05. The summed E-state index contributed by atoms with van der Waals surface area (Å²) in [6, 6.07) is 7.37. The first-order chi connectivity index (χ1) is 9.58. The van der Waals surface area contributed by atoms with Gasteiger partial charge in [-0.3, -0.25) is 4.79 Å². The molecule has 2 rings (SSSR count). The van der Waals surface area contributed by atoms with Gasteiger partial charge < -0.3 is 15.5 Å². The van der Waals surface area contributed by atoms with Gasteiger partial charge in [0.25, 0.3) is 0 Å². The molecule has 3 N–H and O–H groups in total. The molecular formula is C16H22N2O2. The number of rotatable bonds is 6. The van der Waals surface area contributed by atoms with Crippen LogP contribution in [0.1, 0.15) is 25.8 Å². The number of fused-ring (bicyclic) bond motifs is 1. The van der Waals surface area contributed by atoms with Crippen LogP contribution < -0.4 is 5.73 Å². The number of benzene rings is 1. The lowest BCUT2D eigenvalue weighted by Gasteiger charge is -2.12. The molecule has 0 saturated heterocycles. The number of hydrogen-bond donors (Lipinski definition) is 2. The predicted octanol–water partition coefficient (Wildman–Crippen LogP) is 2.63. The summed E-state index contributed by atoms with van der Waals surface area (Å²) < 4.78 is 5.20. The molecule has 1 atom stereocenters. The number of H-pyrrole nitrogens is 1. The van der Waals surface area contributed by atoms with Crippen LogP contribution in [0.3, 0.4) is 0 Å². The van der Waals surface area contributed by atoms with E-state index in [1.807, 2.05) is 30.5 Å². The maximum Gasteiger partial charge on any atom is 0.323 e. The van der Waals surface area contributed by atoms with Crippen molar-refractivity contribution in [3.63, 3.8) is 0 Å². The summed E-state index contributed by atoms with van der Waals surface area (Å²) in [4.78, 5) is 15.0. The van der Waals surface area contributed by atoms with Gasteiger partial charge in [-0.15, -0.1) is 0 Å². The van der Waals surface area contributed by atoms with E-state index in [1.165, 1.54) is 0 Å². The Morgan fingerprint density at radius 2 is 2.10 bits per heavy atom.